The maximum Gasteiger partial charge on any atom is 0.162 e. The smallest absolute Gasteiger partial charge is 0.162 e. The molecular formula is C17H19F2NO. The molecule has 0 fully saturated rings. The quantitative estimate of drug-likeness (QED) is 0.885. The first-order chi connectivity index (χ1) is 9.83. The Morgan fingerprint density at radius 2 is 1.52 bits per heavy atom. The monoisotopic (exact) mass is 291 g/mol. The number of benzene rings is 2. The molecule has 2 aromatic rings. The van der Waals surface area contributed by atoms with E-state index in [0.29, 0.717) is 5.75 Å². The molecule has 0 bridgehead atoms. The van der Waals surface area contributed by atoms with Crippen LogP contribution in [0.25, 0.3) is 0 Å². The van der Waals surface area contributed by atoms with E-state index < -0.39 is 11.6 Å². The van der Waals surface area contributed by atoms with Gasteiger partial charge in [-0.15, -0.1) is 0 Å². The third kappa shape index (κ3) is 4.83. The van der Waals surface area contributed by atoms with Crippen molar-refractivity contribution in [2.75, 3.05) is 0 Å². The van der Waals surface area contributed by atoms with Crippen molar-refractivity contribution in [2.45, 2.75) is 32.9 Å². The molecule has 0 radical (unpaired) electrons. The van der Waals surface area contributed by atoms with Crippen molar-refractivity contribution >= 4 is 0 Å². The zero-order valence-corrected chi connectivity index (χ0v) is 12.4. The third-order valence-corrected chi connectivity index (χ3v) is 2.87. The Morgan fingerprint density at radius 1 is 0.905 bits per heavy atom. The molecule has 0 heterocycles. The van der Waals surface area contributed by atoms with Crippen LogP contribution in [0.3, 0.4) is 0 Å². The Balaban J connectivity index is 2.00. The fraction of sp³-hybridized carbons (Fsp3) is 0.294. The van der Waals surface area contributed by atoms with Gasteiger partial charge in [0.1, 0.15) is 11.5 Å². The highest BCUT2D eigenvalue weighted by molar-refractivity contribution is 5.33. The van der Waals surface area contributed by atoms with Gasteiger partial charge in [0.25, 0.3) is 0 Å². The van der Waals surface area contributed by atoms with Gasteiger partial charge in [-0.2, -0.15) is 0 Å². The van der Waals surface area contributed by atoms with E-state index in [2.05, 4.69) is 26.1 Å². The molecule has 0 amide bonds. The summed E-state index contributed by atoms with van der Waals surface area (Å²) in [5.41, 5.74) is 1.18. The van der Waals surface area contributed by atoms with Gasteiger partial charge in [0.15, 0.2) is 11.6 Å². The summed E-state index contributed by atoms with van der Waals surface area (Å²) < 4.78 is 31.4. The van der Waals surface area contributed by atoms with E-state index in [0.717, 1.165) is 24.2 Å². The number of hydrogen-bond donors (Lipinski definition) is 1. The van der Waals surface area contributed by atoms with Crippen LogP contribution >= 0.6 is 0 Å². The first-order valence-corrected chi connectivity index (χ1v) is 6.80. The number of rotatable bonds is 4. The van der Waals surface area contributed by atoms with Crippen LogP contribution in [0.15, 0.2) is 42.5 Å². The lowest BCUT2D eigenvalue weighted by Gasteiger charge is -2.20. The van der Waals surface area contributed by atoms with E-state index in [1.165, 1.54) is 6.07 Å². The second-order valence-corrected chi connectivity index (χ2v) is 5.93. The maximum atomic E-state index is 13.1. The molecule has 4 heteroatoms. The summed E-state index contributed by atoms with van der Waals surface area (Å²) in [6, 6.07) is 11.0. The molecule has 0 spiro atoms. The van der Waals surface area contributed by atoms with Gasteiger partial charge < -0.3 is 10.1 Å². The van der Waals surface area contributed by atoms with Crippen molar-refractivity contribution in [3.05, 3.63) is 59.7 Å². The van der Waals surface area contributed by atoms with E-state index in [-0.39, 0.29) is 11.3 Å². The summed E-state index contributed by atoms with van der Waals surface area (Å²) in [4.78, 5) is 0. The highest BCUT2D eigenvalue weighted by Gasteiger charge is 2.08. The van der Waals surface area contributed by atoms with Crippen molar-refractivity contribution in [2.24, 2.45) is 0 Å². The SMILES string of the molecule is CC(C)(C)NCc1ccc(Oc2ccc(F)c(F)c2)cc1. The molecule has 0 atom stereocenters. The fourth-order valence-electron chi connectivity index (χ4n) is 1.72. The van der Waals surface area contributed by atoms with Crippen LogP contribution in [-0.2, 0) is 6.54 Å². The topological polar surface area (TPSA) is 21.3 Å². The van der Waals surface area contributed by atoms with E-state index in [9.17, 15) is 8.78 Å². The van der Waals surface area contributed by atoms with Crippen molar-refractivity contribution in [1.82, 2.24) is 5.32 Å². The van der Waals surface area contributed by atoms with E-state index in [1.54, 1.807) is 12.1 Å². The van der Waals surface area contributed by atoms with Gasteiger partial charge in [0.05, 0.1) is 0 Å². The fourth-order valence-corrected chi connectivity index (χ4v) is 1.72. The number of ether oxygens (including phenoxy) is 1. The molecule has 0 aliphatic heterocycles. The molecule has 21 heavy (non-hydrogen) atoms. The van der Waals surface area contributed by atoms with E-state index in [4.69, 9.17) is 4.74 Å². The molecule has 0 saturated carbocycles. The number of nitrogens with one attached hydrogen (secondary N) is 1. The predicted molar refractivity (Wildman–Crippen MR) is 79.5 cm³/mol. The molecule has 1 N–H and O–H groups in total. The van der Waals surface area contributed by atoms with Crippen LogP contribution < -0.4 is 10.1 Å². The van der Waals surface area contributed by atoms with Crippen LogP contribution in [0, 0.1) is 11.6 Å². The van der Waals surface area contributed by atoms with Crippen molar-refractivity contribution < 1.29 is 13.5 Å². The van der Waals surface area contributed by atoms with Gasteiger partial charge in [0.2, 0.25) is 0 Å². The molecule has 2 rings (SSSR count). The molecular weight excluding hydrogens is 272 g/mol. The predicted octanol–water partition coefficient (Wildman–Crippen LogP) is 4.65. The molecule has 0 unspecified atom stereocenters. The van der Waals surface area contributed by atoms with Crippen LogP contribution in [0.4, 0.5) is 8.78 Å². The molecule has 0 saturated heterocycles. The minimum Gasteiger partial charge on any atom is -0.457 e. The summed E-state index contributed by atoms with van der Waals surface area (Å²) in [6.07, 6.45) is 0. The average Bonchev–Trinajstić information content (AvgIpc) is 2.41. The van der Waals surface area contributed by atoms with E-state index in [1.807, 2.05) is 12.1 Å². The van der Waals surface area contributed by atoms with Gasteiger partial charge in [-0.05, 0) is 50.6 Å². The lowest BCUT2D eigenvalue weighted by Crippen LogP contribution is -2.34. The second kappa shape index (κ2) is 6.22. The lowest BCUT2D eigenvalue weighted by molar-refractivity contribution is 0.424. The summed E-state index contributed by atoms with van der Waals surface area (Å²) in [6.45, 7) is 7.07. The maximum absolute atomic E-state index is 13.1. The summed E-state index contributed by atoms with van der Waals surface area (Å²) >= 11 is 0. The zero-order valence-electron chi connectivity index (χ0n) is 12.4. The van der Waals surface area contributed by atoms with Gasteiger partial charge in [-0.1, -0.05) is 12.1 Å². The Hall–Kier alpha value is -1.94. The Kier molecular flexibility index (Phi) is 4.58. The molecule has 2 aromatic carbocycles. The van der Waals surface area contributed by atoms with Gasteiger partial charge >= 0.3 is 0 Å². The van der Waals surface area contributed by atoms with Crippen LogP contribution in [0.1, 0.15) is 26.3 Å². The first kappa shape index (κ1) is 15.4. The Morgan fingerprint density at radius 3 is 2.10 bits per heavy atom. The second-order valence-electron chi connectivity index (χ2n) is 5.93. The van der Waals surface area contributed by atoms with Gasteiger partial charge in [-0.3, -0.25) is 0 Å². The zero-order chi connectivity index (χ0) is 15.5. The largest absolute Gasteiger partial charge is 0.457 e. The molecule has 112 valence electrons. The highest BCUT2D eigenvalue weighted by Crippen LogP contribution is 2.23. The Labute approximate surface area is 123 Å². The van der Waals surface area contributed by atoms with Gasteiger partial charge in [0, 0.05) is 18.2 Å². The molecule has 0 aliphatic carbocycles. The summed E-state index contributed by atoms with van der Waals surface area (Å²) in [5.74, 6) is -0.945. The number of hydrogen-bond acceptors (Lipinski definition) is 2. The van der Waals surface area contributed by atoms with Crippen LogP contribution in [0.5, 0.6) is 11.5 Å². The minimum absolute atomic E-state index is 0.0564. The normalized spacial score (nSPS) is 11.5. The molecule has 0 aromatic heterocycles. The van der Waals surface area contributed by atoms with Crippen molar-refractivity contribution in [3.8, 4) is 11.5 Å². The standard InChI is InChI=1S/C17H19F2NO/c1-17(2,3)20-11-12-4-6-13(7-5-12)21-14-8-9-15(18)16(19)10-14/h4-10,20H,11H2,1-3H3. The number of halogens is 2. The van der Waals surface area contributed by atoms with Crippen molar-refractivity contribution in [1.29, 1.82) is 0 Å². The molecule has 2 nitrogen and oxygen atoms in total. The van der Waals surface area contributed by atoms with Crippen LogP contribution in [0.2, 0.25) is 0 Å². The first-order valence-electron chi connectivity index (χ1n) is 6.80. The van der Waals surface area contributed by atoms with Crippen LogP contribution in [-0.4, -0.2) is 5.54 Å². The van der Waals surface area contributed by atoms with E-state index >= 15 is 0 Å². The lowest BCUT2D eigenvalue weighted by atomic mass is 10.1. The average molecular weight is 291 g/mol. The minimum atomic E-state index is -0.918. The highest BCUT2D eigenvalue weighted by atomic mass is 19.2. The Bertz CT molecular complexity index is 603. The molecule has 0 aliphatic rings. The van der Waals surface area contributed by atoms with Gasteiger partial charge in [-0.25, -0.2) is 8.78 Å². The third-order valence-electron chi connectivity index (χ3n) is 2.87. The summed E-state index contributed by atoms with van der Waals surface area (Å²) in [5, 5.41) is 3.39. The summed E-state index contributed by atoms with van der Waals surface area (Å²) in [7, 11) is 0. The van der Waals surface area contributed by atoms with Crippen molar-refractivity contribution in [3.63, 3.8) is 0 Å².